The van der Waals surface area contributed by atoms with Gasteiger partial charge in [-0.1, -0.05) is 33.6 Å². The fraction of sp³-hybridized carbons (Fsp3) is 0.538. The van der Waals surface area contributed by atoms with Gasteiger partial charge in [0.1, 0.15) is 10.8 Å². The van der Waals surface area contributed by atoms with Crippen molar-refractivity contribution >= 4 is 33.8 Å². The average Bonchev–Trinajstić information content (AvgIpc) is 3.36. The van der Waals surface area contributed by atoms with Crippen molar-refractivity contribution in [3.05, 3.63) is 40.3 Å². The highest BCUT2D eigenvalue weighted by atomic mass is 32.1. The number of alkyl halides is 2. The van der Waals surface area contributed by atoms with Crippen LogP contribution in [0.3, 0.4) is 0 Å². The summed E-state index contributed by atoms with van der Waals surface area (Å²) in [6.45, 7) is 6.79. The van der Waals surface area contributed by atoms with Crippen molar-refractivity contribution in [3.8, 4) is 5.75 Å². The zero-order chi connectivity index (χ0) is 24.9. The monoisotopic (exact) mass is 492 g/mol. The Bertz CT molecular complexity index is 999. The minimum Gasteiger partial charge on any atom is -0.433 e. The fourth-order valence-corrected chi connectivity index (χ4v) is 5.94. The Kier molecular flexibility index (Phi) is 8.68. The van der Waals surface area contributed by atoms with Crippen molar-refractivity contribution in [2.45, 2.75) is 78.7 Å². The van der Waals surface area contributed by atoms with Gasteiger partial charge in [0, 0.05) is 23.4 Å². The summed E-state index contributed by atoms with van der Waals surface area (Å²) in [5.74, 6) is 0.0189. The highest BCUT2D eigenvalue weighted by Crippen LogP contribution is 2.40. The molecular weight excluding hydrogens is 458 g/mol. The van der Waals surface area contributed by atoms with E-state index in [1.807, 2.05) is 13.8 Å². The van der Waals surface area contributed by atoms with Crippen LogP contribution in [0.4, 0.5) is 19.5 Å². The van der Waals surface area contributed by atoms with E-state index in [1.54, 1.807) is 0 Å². The van der Waals surface area contributed by atoms with Crippen LogP contribution in [-0.2, 0) is 17.6 Å². The van der Waals surface area contributed by atoms with E-state index in [0.717, 1.165) is 55.4 Å². The van der Waals surface area contributed by atoms with Gasteiger partial charge in [0.05, 0.1) is 5.56 Å². The Hall–Kier alpha value is -2.48. The first kappa shape index (κ1) is 26.1. The molecule has 1 aromatic heterocycles. The van der Waals surface area contributed by atoms with Gasteiger partial charge in [-0.25, -0.2) is 0 Å². The van der Waals surface area contributed by atoms with Gasteiger partial charge in [-0.2, -0.15) is 8.78 Å². The molecule has 8 heteroatoms. The number of halogens is 2. The van der Waals surface area contributed by atoms with Gasteiger partial charge in [-0.05, 0) is 67.9 Å². The number of carbonyl (C=O) groups is 2. The van der Waals surface area contributed by atoms with Crippen molar-refractivity contribution in [1.82, 2.24) is 0 Å². The highest BCUT2D eigenvalue weighted by molar-refractivity contribution is 7.17. The molecule has 1 saturated carbocycles. The third kappa shape index (κ3) is 6.34. The van der Waals surface area contributed by atoms with Gasteiger partial charge in [0.15, 0.2) is 0 Å². The van der Waals surface area contributed by atoms with Gasteiger partial charge in [-0.15, -0.1) is 11.3 Å². The lowest BCUT2D eigenvalue weighted by Crippen LogP contribution is -2.30. The molecule has 186 valence electrons. The molecule has 0 bridgehead atoms. The number of anilines is 2. The fourth-order valence-electron chi connectivity index (χ4n) is 4.65. The number of ether oxygens (including phenoxy) is 1. The van der Waals surface area contributed by atoms with Gasteiger partial charge >= 0.3 is 6.11 Å². The molecule has 4 rings (SSSR count). The second-order valence-corrected chi connectivity index (χ2v) is 9.91. The van der Waals surface area contributed by atoms with E-state index in [2.05, 4.69) is 22.3 Å². The topological polar surface area (TPSA) is 67.4 Å². The van der Waals surface area contributed by atoms with Gasteiger partial charge in [-0.3, -0.25) is 9.59 Å². The molecule has 0 spiro atoms. The van der Waals surface area contributed by atoms with E-state index in [0.29, 0.717) is 29.1 Å². The summed E-state index contributed by atoms with van der Waals surface area (Å²) in [5.41, 5.74) is 2.00. The van der Waals surface area contributed by atoms with Crippen molar-refractivity contribution in [2.24, 2.45) is 11.8 Å². The van der Waals surface area contributed by atoms with Crippen LogP contribution >= 0.6 is 11.3 Å². The molecule has 0 radical (unpaired) electrons. The molecule has 2 unspecified atom stereocenters. The number of carbonyl (C=O) groups excluding carboxylic acids is 2. The number of nitrogens with one attached hydrogen (secondary N) is 2. The van der Waals surface area contributed by atoms with Crippen molar-refractivity contribution < 1.29 is 23.1 Å². The first-order valence-electron chi connectivity index (χ1n) is 12.1. The molecule has 5 nitrogen and oxygen atoms in total. The predicted molar refractivity (Wildman–Crippen MR) is 133 cm³/mol. The maximum Gasteiger partial charge on any atom is 0.394 e. The number of amides is 2. The van der Waals surface area contributed by atoms with Gasteiger partial charge in [0.25, 0.3) is 5.91 Å². The molecule has 2 amide bonds. The van der Waals surface area contributed by atoms with E-state index >= 15 is 0 Å². The standard InChI is InChI=1S/C24H28F2N2O3S.C2H6/c1-14-6-3-4-7-17(14)21(29)28-23-20(18-8-5-9-19(18)32-23)22(30)27-15-10-12-16(13-11-15)31-24(2,25)26;1-2/h10-14,17H,3-9H2,1-2H3,(H,27,30)(H,28,29);1-2H3. The molecule has 1 aromatic carbocycles. The van der Waals surface area contributed by atoms with E-state index in [1.165, 1.54) is 35.6 Å². The number of benzene rings is 1. The number of thiophene rings is 1. The highest BCUT2D eigenvalue weighted by Gasteiger charge is 2.32. The van der Waals surface area contributed by atoms with Crippen molar-refractivity contribution in [3.63, 3.8) is 0 Å². The number of fused-ring (bicyclic) bond motifs is 1. The number of aryl methyl sites for hydroxylation is 1. The summed E-state index contributed by atoms with van der Waals surface area (Å²) in [6.07, 6.45) is 3.58. The number of hydrogen-bond acceptors (Lipinski definition) is 4. The minimum absolute atomic E-state index is 0.00632. The van der Waals surface area contributed by atoms with Crippen LogP contribution in [-0.4, -0.2) is 17.9 Å². The third-order valence-corrected chi connectivity index (χ3v) is 7.45. The van der Waals surface area contributed by atoms with Crippen molar-refractivity contribution in [1.29, 1.82) is 0 Å². The smallest absolute Gasteiger partial charge is 0.394 e. The lowest BCUT2D eigenvalue weighted by molar-refractivity contribution is -0.158. The largest absolute Gasteiger partial charge is 0.433 e. The first-order chi connectivity index (χ1) is 16.2. The van der Waals surface area contributed by atoms with E-state index in [-0.39, 0.29) is 23.5 Å². The molecule has 0 aliphatic heterocycles. The lowest BCUT2D eigenvalue weighted by atomic mass is 9.80. The van der Waals surface area contributed by atoms with Crippen molar-refractivity contribution in [2.75, 3.05) is 10.6 Å². The first-order valence-corrected chi connectivity index (χ1v) is 13.0. The maximum absolute atomic E-state index is 13.2. The predicted octanol–water partition coefficient (Wildman–Crippen LogP) is 7.27. The molecule has 2 aliphatic rings. The van der Waals surface area contributed by atoms with E-state index < -0.39 is 6.11 Å². The molecule has 1 fully saturated rings. The zero-order valence-corrected chi connectivity index (χ0v) is 21.1. The minimum atomic E-state index is -3.27. The molecule has 2 aliphatic carbocycles. The Labute approximate surface area is 204 Å². The summed E-state index contributed by atoms with van der Waals surface area (Å²) < 4.78 is 30.6. The molecule has 2 aromatic rings. The Morgan fingerprint density at radius 1 is 1.03 bits per heavy atom. The van der Waals surface area contributed by atoms with Crippen LogP contribution in [0.2, 0.25) is 0 Å². The average molecular weight is 493 g/mol. The Morgan fingerprint density at radius 3 is 2.35 bits per heavy atom. The molecular formula is C26H34F2N2O3S. The van der Waals surface area contributed by atoms with E-state index in [9.17, 15) is 18.4 Å². The summed E-state index contributed by atoms with van der Waals surface area (Å²) in [6, 6.07) is 5.82. The van der Waals surface area contributed by atoms with Gasteiger partial charge < -0.3 is 15.4 Å². The van der Waals surface area contributed by atoms with Crippen LogP contribution in [0.5, 0.6) is 5.75 Å². The number of hydrogen-bond donors (Lipinski definition) is 2. The number of rotatable bonds is 6. The normalized spacial score (nSPS) is 19.5. The molecule has 1 heterocycles. The zero-order valence-electron chi connectivity index (χ0n) is 20.3. The second-order valence-electron chi connectivity index (χ2n) is 8.81. The van der Waals surface area contributed by atoms with Crippen LogP contribution in [0.1, 0.15) is 80.6 Å². The van der Waals surface area contributed by atoms with Gasteiger partial charge in [0.2, 0.25) is 5.91 Å². The summed E-state index contributed by atoms with van der Waals surface area (Å²) >= 11 is 1.49. The molecule has 2 atom stereocenters. The third-order valence-electron chi connectivity index (χ3n) is 6.24. The maximum atomic E-state index is 13.2. The second kappa shape index (κ2) is 11.3. The molecule has 0 saturated heterocycles. The summed E-state index contributed by atoms with van der Waals surface area (Å²) in [5, 5.41) is 6.51. The van der Waals surface area contributed by atoms with Crippen LogP contribution in [0.15, 0.2) is 24.3 Å². The molecule has 2 N–H and O–H groups in total. The quantitative estimate of drug-likeness (QED) is 0.445. The van der Waals surface area contributed by atoms with Crippen LogP contribution in [0, 0.1) is 11.8 Å². The lowest BCUT2D eigenvalue weighted by Gasteiger charge is -2.27. The van der Waals surface area contributed by atoms with Crippen LogP contribution in [0.25, 0.3) is 0 Å². The van der Waals surface area contributed by atoms with Crippen LogP contribution < -0.4 is 15.4 Å². The van der Waals surface area contributed by atoms with E-state index in [4.69, 9.17) is 0 Å². The SMILES string of the molecule is CC.CC1CCCCC1C(=O)Nc1sc2c(c1C(=O)Nc1ccc(OC(C)(F)F)cc1)CCC2. The Morgan fingerprint density at radius 2 is 1.71 bits per heavy atom. The Balaban J connectivity index is 0.00000158. The summed E-state index contributed by atoms with van der Waals surface area (Å²) in [7, 11) is 0. The summed E-state index contributed by atoms with van der Waals surface area (Å²) in [4.78, 5) is 27.3. The molecule has 34 heavy (non-hydrogen) atoms.